The summed E-state index contributed by atoms with van der Waals surface area (Å²) in [6.07, 6.45) is 11.0. The Morgan fingerprint density at radius 2 is 1.62 bits per heavy atom. The monoisotopic (exact) mass is 297 g/mol. The molecular weight excluding hydrogens is 258 g/mol. The first-order chi connectivity index (χ1) is 10.0. The van der Waals surface area contributed by atoms with E-state index in [0.29, 0.717) is 6.04 Å². The second-order valence-corrected chi connectivity index (χ2v) is 7.50. The van der Waals surface area contributed by atoms with Gasteiger partial charge in [0.2, 0.25) is 0 Å². The predicted molar refractivity (Wildman–Crippen MR) is 93.7 cm³/mol. The summed E-state index contributed by atoms with van der Waals surface area (Å²) >= 11 is 0. The van der Waals surface area contributed by atoms with Gasteiger partial charge in [-0.15, -0.1) is 0 Å². The Bertz CT molecular complexity index is 265. The third-order valence-electron chi connectivity index (χ3n) is 5.28. The van der Waals surface area contributed by atoms with Crippen molar-refractivity contribution in [3.8, 4) is 0 Å². The topological polar surface area (TPSA) is 32.5 Å². The number of likely N-dealkylation sites (N-methyl/N-ethyl adjacent to an activating group) is 1. The molecule has 1 fully saturated rings. The summed E-state index contributed by atoms with van der Waals surface area (Å²) in [4.78, 5) is 5.11. The quantitative estimate of drug-likeness (QED) is 0.627. The van der Waals surface area contributed by atoms with E-state index in [0.717, 1.165) is 13.1 Å². The van der Waals surface area contributed by atoms with Crippen LogP contribution in [0.5, 0.6) is 0 Å². The molecule has 1 aliphatic heterocycles. The lowest BCUT2D eigenvalue weighted by atomic mass is 9.96. The van der Waals surface area contributed by atoms with Crippen molar-refractivity contribution in [2.45, 2.75) is 83.7 Å². The molecule has 2 N–H and O–H groups in total. The van der Waals surface area contributed by atoms with Crippen LogP contribution >= 0.6 is 0 Å². The molecule has 1 aliphatic rings. The molecule has 1 saturated heterocycles. The molecule has 0 aromatic carbocycles. The molecule has 1 heterocycles. The summed E-state index contributed by atoms with van der Waals surface area (Å²) in [5, 5.41) is 0. The molecule has 0 spiro atoms. The van der Waals surface area contributed by atoms with E-state index in [2.05, 4.69) is 37.6 Å². The summed E-state index contributed by atoms with van der Waals surface area (Å²) in [6.45, 7) is 11.3. The zero-order valence-electron chi connectivity index (χ0n) is 15.0. The third kappa shape index (κ3) is 6.66. The van der Waals surface area contributed by atoms with Crippen LogP contribution in [0.1, 0.15) is 72.1 Å². The number of nitrogens with two attached hydrogens (primary N) is 1. The van der Waals surface area contributed by atoms with E-state index in [1.807, 2.05) is 0 Å². The number of hydrogen-bond donors (Lipinski definition) is 1. The van der Waals surface area contributed by atoms with Gasteiger partial charge in [-0.25, -0.2) is 0 Å². The molecule has 0 bridgehead atoms. The van der Waals surface area contributed by atoms with E-state index in [1.165, 1.54) is 64.5 Å². The maximum absolute atomic E-state index is 6.05. The molecule has 0 aromatic heterocycles. The lowest BCUT2D eigenvalue weighted by molar-refractivity contribution is 0.0161. The van der Waals surface area contributed by atoms with Gasteiger partial charge in [-0.05, 0) is 27.3 Å². The molecule has 1 atom stereocenters. The minimum absolute atomic E-state index is 0.284. The van der Waals surface area contributed by atoms with Gasteiger partial charge in [0, 0.05) is 37.8 Å². The van der Waals surface area contributed by atoms with Gasteiger partial charge < -0.3 is 5.73 Å². The standard InChI is InChI=1S/C18H39N3/c1-5-6-7-8-9-10-11-12-17(15-19)21-14-13-20(4)18(2,3)16-21/h17H,5-16,19H2,1-4H3. The minimum Gasteiger partial charge on any atom is -0.329 e. The normalized spacial score (nSPS) is 21.6. The maximum Gasteiger partial charge on any atom is 0.0277 e. The highest BCUT2D eigenvalue weighted by Gasteiger charge is 2.33. The fraction of sp³-hybridized carbons (Fsp3) is 1.00. The van der Waals surface area contributed by atoms with Crippen molar-refractivity contribution in [3.63, 3.8) is 0 Å². The van der Waals surface area contributed by atoms with Gasteiger partial charge in [-0.2, -0.15) is 0 Å². The van der Waals surface area contributed by atoms with Crippen LogP contribution in [0.3, 0.4) is 0 Å². The van der Waals surface area contributed by atoms with Crippen molar-refractivity contribution >= 4 is 0 Å². The molecule has 1 unspecified atom stereocenters. The van der Waals surface area contributed by atoms with Gasteiger partial charge in [0.15, 0.2) is 0 Å². The second-order valence-electron chi connectivity index (χ2n) is 7.50. The molecule has 0 aromatic rings. The van der Waals surface area contributed by atoms with E-state index in [9.17, 15) is 0 Å². The maximum atomic E-state index is 6.05. The summed E-state index contributed by atoms with van der Waals surface area (Å²) in [5.41, 5.74) is 6.34. The van der Waals surface area contributed by atoms with E-state index in [1.54, 1.807) is 0 Å². The van der Waals surface area contributed by atoms with Crippen molar-refractivity contribution in [1.29, 1.82) is 0 Å². The molecular formula is C18H39N3. The molecule has 0 saturated carbocycles. The summed E-state index contributed by atoms with van der Waals surface area (Å²) in [7, 11) is 2.24. The van der Waals surface area contributed by atoms with E-state index >= 15 is 0 Å². The van der Waals surface area contributed by atoms with Crippen LogP contribution < -0.4 is 5.73 Å². The van der Waals surface area contributed by atoms with Crippen molar-refractivity contribution in [2.24, 2.45) is 5.73 Å². The van der Waals surface area contributed by atoms with Crippen molar-refractivity contribution in [1.82, 2.24) is 9.80 Å². The first-order valence-electron chi connectivity index (χ1n) is 9.16. The largest absolute Gasteiger partial charge is 0.329 e. The molecule has 3 nitrogen and oxygen atoms in total. The number of unbranched alkanes of at least 4 members (excludes halogenated alkanes) is 6. The van der Waals surface area contributed by atoms with Crippen molar-refractivity contribution in [3.05, 3.63) is 0 Å². The average molecular weight is 298 g/mol. The fourth-order valence-electron chi connectivity index (χ4n) is 3.38. The Hall–Kier alpha value is -0.120. The Labute approximate surface area is 133 Å². The molecule has 0 aliphatic carbocycles. The second kappa shape index (κ2) is 9.81. The van der Waals surface area contributed by atoms with Crippen LogP contribution in [0.2, 0.25) is 0 Å². The third-order valence-corrected chi connectivity index (χ3v) is 5.28. The van der Waals surface area contributed by atoms with Gasteiger partial charge in [0.1, 0.15) is 0 Å². The zero-order chi connectivity index (χ0) is 15.7. The van der Waals surface area contributed by atoms with E-state index in [4.69, 9.17) is 5.73 Å². The molecule has 21 heavy (non-hydrogen) atoms. The first kappa shape index (κ1) is 18.9. The lowest BCUT2D eigenvalue weighted by Gasteiger charge is -2.48. The Morgan fingerprint density at radius 1 is 1.00 bits per heavy atom. The van der Waals surface area contributed by atoms with Crippen LogP contribution in [0.15, 0.2) is 0 Å². The minimum atomic E-state index is 0.284. The highest BCUT2D eigenvalue weighted by atomic mass is 15.3. The smallest absolute Gasteiger partial charge is 0.0277 e. The van der Waals surface area contributed by atoms with Gasteiger partial charge in [-0.3, -0.25) is 9.80 Å². The highest BCUT2D eigenvalue weighted by Crippen LogP contribution is 2.22. The molecule has 1 rings (SSSR count). The Morgan fingerprint density at radius 3 is 2.19 bits per heavy atom. The van der Waals surface area contributed by atoms with E-state index < -0.39 is 0 Å². The first-order valence-corrected chi connectivity index (χ1v) is 9.16. The molecule has 126 valence electrons. The van der Waals surface area contributed by atoms with Crippen LogP contribution in [0.25, 0.3) is 0 Å². The fourth-order valence-corrected chi connectivity index (χ4v) is 3.38. The van der Waals surface area contributed by atoms with Gasteiger partial charge in [0.05, 0.1) is 0 Å². The van der Waals surface area contributed by atoms with Crippen LogP contribution in [-0.2, 0) is 0 Å². The van der Waals surface area contributed by atoms with Gasteiger partial charge in [0.25, 0.3) is 0 Å². The lowest BCUT2D eigenvalue weighted by Crippen LogP contribution is -2.60. The average Bonchev–Trinajstić information content (AvgIpc) is 2.45. The molecule has 0 radical (unpaired) electrons. The molecule has 0 amide bonds. The van der Waals surface area contributed by atoms with Gasteiger partial charge in [-0.1, -0.05) is 51.9 Å². The van der Waals surface area contributed by atoms with Crippen LogP contribution in [-0.4, -0.2) is 54.6 Å². The van der Waals surface area contributed by atoms with Crippen LogP contribution in [0, 0.1) is 0 Å². The van der Waals surface area contributed by atoms with Crippen molar-refractivity contribution < 1.29 is 0 Å². The van der Waals surface area contributed by atoms with Crippen LogP contribution in [0.4, 0.5) is 0 Å². The predicted octanol–water partition coefficient (Wildman–Crippen LogP) is 3.48. The Balaban J connectivity index is 2.22. The summed E-state index contributed by atoms with van der Waals surface area (Å²) < 4.78 is 0. The number of rotatable bonds is 10. The number of nitrogens with zero attached hydrogens (tertiary/aromatic N) is 2. The number of piperazine rings is 1. The van der Waals surface area contributed by atoms with Crippen molar-refractivity contribution in [2.75, 3.05) is 33.2 Å². The summed E-state index contributed by atoms with van der Waals surface area (Å²) in [6, 6.07) is 0.591. The number of hydrogen-bond acceptors (Lipinski definition) is 3. The molecule has 3 heteroatoms. The Kier molecular flexibility index (Phi) is 8.84. The zero-order valence-corrected chi connectivity index (χ0v) is 15.0. The van der Waals surface area contributed by atoms with Gasteiger partial charge >= 0.3 is 0 Å². The summed E-state index contributed by atoms with van der Waals surface area (Å²) in [5.74, 6) is 0. The SMILES string of the molecule is CCCCCCCCCC(CN)N1CCN(C)C(C)(C)C1. The highest BCUT2D eigenvalue weighted by molar-refractivity contribution is 4.91. The van der Waals surface area contributed by atoms with E-state index in [-0.39, 0.29) is 5.54 Å².